The number of pyridine rings is 1. The highest BCUT2D eigenvalue weighted by Crippen LogP contribution is 2.34. The van der Waals surface area contributed by atoms with E-state index in [1.807, 2.05) is 18.3 Å². The lowest BCUT2D eigenvalue weighted by Gasteiger charge is -2.33. The molecule has 36 heavy (non-hydrogen) atoms. The quantitative estimate of drug-likeness (QED) is 0.384. The van der Waals surface area contributed by atoms with Gasteiger partial charge in [-0.25, -0.2) is 15.0 Å². The minimum absolute atomic E-state index is 0.723. The van der Waals surface area contributed by atoms with E-state index in [0.717, 1.165) is 95.5 Å². The third-order valence-electron chi connectivity index (χ3n) is 6.92. The van der Waals surface area contributed by atoms with Crippen molar-refractivity contribution in [3.63, 3.8) is 0 Å². The predicted octanol–water partition coefficient (Wildman–Crippen LogP) is 3.84. The van der Waals surface area contributed by atoms with E-state index < -0.39 is 0 Å². The largest absolute Gasteiger partial charge is 0.362 e. The Hall–Kier alpha value is -4.08. The monoisotopic (exact) mass is 479 g/mol. The lowest BCUT2D eigenvalue weighted by molar-refractivity contribution is 0.131. The molecule has 0 unspecified atom stereocenters. The van der Waals surface area contributed by atoms with Crippen molar-refractivity contribution in [3.8, 4) is 11.3 Å². The Labute approximate surface area is 210 Å². The molecular formula is C27H29N9. The van der Waals surface area contributed by atoms with Crippen LogP contribution < -0.4 is 10.6 Å². The highest BCUT2D eigenvalue weighted by Gasteiger charge is 2.20. The van der Waals surface area contributed by atoms with Gasteiger partial charge in [0, 0.05) is 79.2 Å². The third kappa shape index (κ3) is 4.34. The van der Waals surface area contributed by atoms with E-state index in [4.69, 9.17) is 4.98 Å². The third-order valence-corrected chi connectivity index (χ3v) is 6.92. The van der Waals surface area contributed by atoms with Crippen molar-refractivity contribution in [2.75, 3.05) is 38.0 Å². The lowest BCUT2D eigenvalue weighted by atomic mass is 10.0. The first kappa shape index (κ1) is 22.4. The van der Waals surface area contributed by atoms with Crippen LogP contribution >= 0.6 is 0 Å². The summed E-state index contributed by atoms with van der Waals surface area (Å²) in [4.78, 5) is 18.2. The number of benzene rings is 1. The summed E-state index contributed by atoms with van der Waals surface area (Å²) in [6, 6.07) is 8.33. The van der Waals surface area contributed by atoms with Gasteiger partial charge >= 0.3 is 0 Å². The van der Waals surface area contributed by atoms with Crippen molar-refractivity contribution < 1.29 is 0 Å². The maximum atomic E-state index is 4.92. The van der Waals surface area contributed by atoms with E-state index in [2.05, 4.69) is 72.3 Å². The maximum absolute atomic E-state index is 4.92. The zero-order valence-corrected chi connectivity index (χ0v) is 20.3. The second-order valence-corrected chi connectivity index (χ2v) is 9.17. The van der Waals surface area contributed by atoms with Crippen molar-refractivity contribution in [2.45, 2.75) is 13.5 Å². The van der Waals surface area contributed by atoms with Crippen LogP contribution in [0.15, 0.2) is 55.8 Å². The molecule has 1 aromatic carbocycles. The number of piperazine rings is 1. The number of fused-ring (bicyclic) bond motifs is 2. The van der Waals surface area contributed by atoms with Crippen molar-refractivity contribution in [1.29, 1.82) is 0 Å². The van der Waals surface area contributed by atoms with Crippen molar-refractivity contribution in [2.24, 2.45) is 0 Å². The minimum atomic E-state index is 0.723. The van der Waals surface area contributed by atoms with Crippen LogP contribution in [-0.2, 0) is 6.54 Å². The molecular weight excluding hydrogens is 450 g/mol. The van der Waals surface area contributed by atoms with E-state index in [-0.39, 0.29) is 0 Å². The van der Waals surface area contributed by atoms with E-state index >= 15 is 0 Å². The molecule has 182 valence electrons. The van der Waals surface area contributed by atoms with Gasteiger partial charge in [0.1, 0.15) is 12.1 Å². The second-order valence-electron chi connectivity index (χ2n) is 9.17. The van der Waals surface area contributed by atoms with Gasteiger partial charge in [0.15, 0.2) is 0 Å². The highest BCUT2D eigenvalue weighted by molar-refractivity contribution is 5.89. The van der Waals surface area contributed by atoms with Crippen LogP contribution in [0.5, 0.6) is 0 Å². The summed E-state index contributed by atoms with van der Waals surface area (Å²) < 4.78 is 0. The first-order valence-corrected chi connectivity index (χ1v) is 12.3. The van der Waals surface area contributed by atoms with Gasteiger partial charge in [-0.3, -0.25) is 10.00 Å². The summed E-state index contributed by atoms with van der Waals surface area (Å²) in [6.07, 6.45) is 8.97. The number of rotatable bonds is 6. The number of hydrogen-bond donors (Lipinski definition) is 3. The number of H-pyrrole nitrogens is 1. The molecule has 1 fully saturated rings. The van der Waals surface area contributed by atoms with Gasteiger partial charge in [-0.2, -0.15) is 5.10 Å². The molecule has 9 nitrogen and oxygen atoms in total. The number of hydrogen-bond acceptors (Lipinski definition) is 8. The van der Waals surface area contributed by atoms with E-state index in [1.165, 1.54) is 6.33 Å². The average molecular weight is 480 g/mol. The number of nitrogens with zero attached hydrogens (tertiary/aromatic N) is 6. The molecule has 2 aliphatic rings. The van der Waals surface area contributed by atoms with Gasteiger partial charge in [-0.15, -0.1) is 0 Å². The van der Waals surface area contributed by atoms with Crippen molar-refractivity contribution in [1.82, 2.24) is 40.3 Å². The highest BCUT2D eigenvalue weighted by atomic mass is 15.3. The SMILES string of the molecule is C=C1NC=Cc2cc(-c3cncnc3)nc(Nc3ccc4c(CN5CCN(CC)CC5)n[nH]c4c3)c21. The molecule has 6 rings (SSSR count). The Morgan fingerprint density at radius 3 is 2.67 bits per heavy atom. The standard InChI is InChI=1S/C27H29N9/c1-3-35-8-10-36(11-9-35)16-25-22-5-4-21(13-24(22)33-34-25)31-27-26-18(2)30-7-6-19(26)12-23(32-27)20-14-28-17-29-15-20/h4-7,12-15,17,30H,2-3,8-11,16H2,1H3,(H,31,32)(H,33,34). The molecule has 0 radical (unpaired) electrons. The van der Waals surface area contributed by atoms with Crippen LogP contribution in [0.25, 0.3) is 33.9 Å². The fourth-order valence-electron chi connectivity index (χ4n) is 4.87. The Morgan fingerprint density at radius 1 is 1.06 bits per heavy atom. The van der Waals surface area contributed by atoms with Crippen LogP contribution in [-0.4, -0.2) is 67.7 Å². The number of likely N-dealkylation sites (N-methyl/N-ethyl adjacent to an activating group) is 1. The van der Waals surface area contributed by atoms with E-state index in [1.54, 1.807) is 12.4 Å². The van der Waals surface area contributed by atoms with Crippen molar-refractivity contribution >= 4 is 34.2 Å². The van der Waals surface area contributed by atoms with Gasteiger partial charge in [-0.05, 0) is 42.4 Å². The average Bonchev–Trinajstić information content (AvgIpc) is 3.31. The van der Waals surface area contributed by atoms with Crippen LogP contribution in [0.4, 0.5) is 11.5 Å². The Bertz CT molecular complexity index is 1430. The number of anilines is 2. The Morgan fingerprint density at radius 2 is 1.86 bits per heavy atom. The molecule has 1 saturated heterocycles. The molecule has 0 atom stereocenters. The fourth-order valence-corrected chi connectivity index (χ4v) is 4.87. The van der Waals surface area contributed by atoms with Crippen LogP contribution in [0.3, 0.4) is 0 Å². The normalized spacial score (nSPS) is 16.2. The first-order chi connectivity index (χ1) is 17.7. The van der Waals surface area contributed by atoms with Crippen molar-refractivity contribution in [3.05, 3.63) is 72.6 Å². The maximum Gasteiger partial charge on any atom is 0.141 e. The molecule has 0 spiro atoms. The van der Waals surface area contributed by atoms with E-state index in [9.17, 15) is 0 Å². The molecule has 0 saturated carbocycles. The smallest absolute Gasteiger partial charge is 0.141 e. The topological polar surface area (TPSA) is 97.9 Å². The first-order valence-electron chi connectivity index (χ1n) is 12.3. The van der Waals surface area contributed by atoms with Crippen LogP contribution in [0.2, 0.25) is 0 Å². The van der Waals surface area contributed by atoms with E-state index in [0.29, 0.717) is 0 Å². The molecule has 3 aromatic heterocycles. The number of aromatic nitrogens is 5. The predicted molar refractivity (Wildman–Crippen MR) is 143 cm³/mol. The Kier molecular flexibility index (Phi) is 5.92. The minimum Gasteiger partial charge on any atom is -0.362 e. The van der Waals surface area contributed by atoms with Gasteiger partial charge in [0.05, 0.1) is 16.9 Å². The van der Waals surface area contributed by atoms with Gasteiger partial charge in [0.2, 0.25) is 0 Å². The summed E-state index contributed by atoms with van der Waals surface area (Å²) in [7, 11) is 0. The summed E-state index contributed by atoms with van der Waals surface area (Å²) in [5.41, 5.74) is 7.43. The zero-order valence-electron chi connectivity index (χ0n) is 20.3. The fraction of sp³-hybridized carbons (Fsp3) is 0.259. The molecule has 0 amide bonds. The molecule has 4 aromatic rings. The van der Waals surface area contributed by atoms with Gasteiger partial charge < -0.3 is 15.5 Å². The van der Waals surface area contributed by atoms with Gasteiger partial charge in [0.25, 0.3) is 0 Å². The molecule has 0 aliphatic carbocycles. The van der Waals surface area contributed by atoms with Gasteiger partial charge in [-0.1, -0.05) is 13.5 Å². The molecule has 9 heteroatoms. The molecule has 0 bridgehead atoms. The second kappa shape index (κ2) is 9.52. The summed E-state index contributed by atoms with van der Waals surface area (Å²) in [5.74, 6) is 0.723. The summed E-state index contributed by atoms with van der Waals surface area (Å²) >= 11 is 0. The Balaban J connectivity index is 1.28. The molecule has 5 heterocycles. The lowest BCUT2D eigenvalue weighted by Crippen LogP contribution is -2.45. The summed E-state index contributed by atoms with van der Waals surface area (Å²) in [5, 5.41) is 15.7. The van der Waals surface area contributed by atoms with Crippen LogP contribution in [0.1, 0.15) is 23.7 Å². The van der Waals surface area contributed by atoms with Crippen LogP contribution in [0, 0.1) is 0 Å². The number of aromatic amines is 1. The summed E-state index contributed by atoms with van der Waals surface area (Å²) in [6.45, 7) is 12.8. The molecule has 2 aliphatic heterocycles. The number of nitrogens with one attached hydrogen (secondary N) is 3. The molecule has 3 N–H and O–H groups in total. The zero-order chi connectivity index (χ0) is 24.5.